The van der Waals surface area contributed by atoms with Crippen LogP contribution in [-0.2, 0) is 16.8 Å². The van der Waals surface area contributed by atoms with Gasteiger partial charge < -0.3 is 14.6 Å². The minimum Gasteiger partial charge on any atom is -0.481 e. The van der Waals surface area contributed by atoms with E-state index in [9.17, 15) is 4.79 Å². The normalized spacial score (nSPS) is 12.6. The van der Waals surface area contributed by atoms with Crippen LogP contribution in [0.25, 0.3) is 10.7 Å². The fraction of sp³-hybridized carbons (Fsp3) is 0.350. The highest BCUT2D eigenvalue weighted by molar-refractivity contribution is 7.13. The van der Waals surface area contributed by atoms with Crippen molar-refractivity contribution in [1.29, 1.82) is 0 Å². The third-order valence-electron chi connectivity index (χ3n) is 4.03. The van der Waals surface area contributed by atoms with E-state index in [2.05, 4.69) is 36.2 Å². The number of ether oxygens (including phenoxy) is 1. The van der Waals surface area contributed by atoms with E-state index in [4.69, 9.17) is 9.26 Å². The zero-order chi connectivity index (χ0) is 19.4. The molecular formula is C20H23N3O3S. The van der Waals surface area contributed by atoms with Crippen LogP contribution in [0.5, 0.6) is 5.75 Å². The van der Waals surface area contributed by atoms with Gasteiger partial charge >= 0.3 is 0 Å². The molecule has 0 fully saturated rings. The molecule has 1 atom stereocenters. The fourth-order valence-electron chi connectivity index (χ4n) is 2.43. The maximum absolute atomic E-state index is 12.3. The zero-order valence-corrected chi connectivity index (χ0v) is 16.7. The van der Waals surface area contributed by atoms with Crippen molar-refractivity contribution in [3.05, 3.63) is 53.2 Å². The van der Waals surface area contributed by atoms with E-state index in [1.165, 1.54) is 16.9 Å². The van der Waals surface area contributed by atoms with E-state index >= 15 is 0 Å². The molecule has 142 valence electrons. The Hall–Kier alpha value is -2.67. The molecule has 1 N–H and O–H groups in total. The minimum absolute atomic E-state index is 0.0769. The van der Waals surface area contributed by atoms with Gasteiger partial charge in [0.1, 0.15) is 5.75 Å². The molecule has 0 unspecified atom stereocenters. The van der Waals surface area contributed by atoms with Crippen molar-refractivity contribution in [3.8, 4) is 16.5 Å². The van der Waals surface area contributed by atoms with Crippen LogP contribution >= 0.6 is 11.3 Å². The van der Waals surface area contributed by atoms with Gasteiger partial charge in [0.25, 0.3) is 5.91 Å². The Morgan fingerprint density at radius 2 is 2.00 bits per heavy atom. The van der Waals surface area contributed by atoms with E-state index < -0.39 is 6.10 Å². The predicted octanol–water partition coefficient (Wildman–Crippen LogP) is 4.18. The molecule has 0 aliphatic heterocycles. The van der Waals surface area contributed by atoms with E-state index in [1.54, 1.807) is 6.92 Å². The number of aromatic nitrogens is 2. The van der Waals surface area contributed by atoms with Gasteiger partial charge in [0, 0.05) is 0 Å². The number of hydrogen-bond acceptors (Lipinski definition) is 6. The van der Waals surface area contributed by atoms with Crippen molar-refractivity contribution in [2.45, 2.75) is 45.8 Å². The molecule has 0 aliphatic carbocycles. The van der Waals surface area contributed by atoms with Crippen LogP contribution in [0.1, 0.15) is 39.1 Å². The average molecular weight is 385 g/mol. The first kappa shape index (κ1) is 19.1. The summed E-state index contributed by atoms with van der Waals surface area (Å²) in [6.07, 6.45) is -0.634. The minimum atomic E-state index is -0.634. The molecule has 0 spiro atoms. The molecule has 3 rings (SSSR count). The molecule has 7 heteroatoms. The third kappa shape index (κ3) is 4.95. The van der Waals surface area contributed by atoms with Gasteiger partial charge in [0.05, 0.1) is 11.4 Å². The number of carbonyl (C=O) groups is 1. The molecule has 27 heavy (non-hydrogen) atoms. The first-order valence-corrected chi connectivity index (χ1v) is 9.62. The number of amides is 1. The largest absolute Gasteiger partial charge is 0.481 e. The lowest BCUT2D eigenvalue weighted by atomic mass is 9.87. The van der Waals surface area contributed by atoms with Gasteiger partial charge in [-0.25, -0.2) is 0 Å². The Morgan fingerprint density at radius 3 is 2.63 bits per heavy atom. The zero-order valence-electron chi connectivity index (χ0n) is 15.9. The number of nitrogens with zero attached hydrogens (tertiary/aromatic N) is 2. The summed E-state index contributed by atoms with van der Waals surface area (Å²) in [7, 11) is 0. The Labute approximate surface area is 162 Å². The molecule has 0 bridgehead atoms. The second-order valence-corrected chi connectivity index (χ2v) is 8.19. The molecule has 1 aromatic carbocycles. The number of carbonyl (C=O) groups excluding carboxylic acids is 1. The molecule has 2 heterocycles. The van der Waals surface area contributed by atoms with Gasteiger partial charge in [-0.3, -0.25) is 4.79 Å². The SMILES string of the molecule is C[C@@H](Oc1ccc(C(C)(C)C)cc1)C(=O)NCc1nc(-c2cccs2)no1. The average Bonchev–Trinajstić information content (AvgIpc) is 3.30. The maximum Gasteiger partial charge on any atom is 0.261 e. The highest BCUT2D eigenvalue weighted by Crippen LogP contribution is 2.25. The number of rotatable bonds is 6. The summed E-state index contributed by atoms with van der Waals surface area (Å²) >= 11 is 1.53. The van der Waals surface area contributed by atoms with Gasteiger partial charge in [-0.15, -0.1) is 11.3 Å². The predicted molar refractivity (Wildman–Crippen MR) is 105 cm³/mol. The summed E-state index contributed by atoms with van der Waals surface area (Å²) in [4.78, 5) is 17.5. The Bertz CT molecular complexity index is 880. The molecule has 1 amide bonds. The van der Waals surface area contributed by atoms with Crippen molar-refractivity contribution < 1.29 is 14.1 Å². The molecule has 0 saturated carbocycles. The second kappa shape index (κ2) is 7.92. The van der Waals surface area contributed by atoms with Crippen molar-refractivity contribution in [3.63, 3.8) is 0 Å². The van der Waals surface area contributed by atoms with E-state index in [0.29, 0.717) is 17.5 Å². The van der Waals surface area contributed by atoms with Crippen LogP contribution in [0.4, 0.5) is 0 Å². The molecule has 0 aliphatic rings. The van der Waals surface area contributed by atoms with Crippen LogP contribution in [0.3, 0.4) is 0 Å². The summed E-state index contributed by atoms with van der Waals surface area (Å²) in [5.74, 6) is 1.29. The lowest BCUT2D eigenvalue weighted by Gasteiger charge is -2.20. The van der Waals surface area contributed by atoms with Gasteiger partial charge in [-0.1, -0.05) is 44.1 Å². The first-order chi connectivity index (χ1) is 12.8. The Morgan fingerprint density at radius 1 is 1.26 bits per heavy atom. The molecular weight excluding hydrogens is 362 g/mol. The maximum atomic E-state index is 12.3. The van der Waals surface area contributed by atoms with Gasteiger partial charge in [0.2, 0.25) is 11.7 Å². The lowest BCUT2D eigenvalue weighted by molar-refractivity contribution is -0.127. The molecule has 2 aromatic heterocycles. The van der Waals surface area contributed by atoms with Crippen molar-refractivity contribution >= 4 is 17.2 Å². The second-order valence-electron chi connectivity index (χ2n) is 7.24. The summed E-state index contributed by atoms with van der Waals surface area (Å²) in [6.45, 7) is 8.33. The van der Waals surface area contributed by atoms with Crippen molar-refractivity contribution in [1.82, 2.24) is 15.5 Å². The van der Waals surface area contributed by atoms with Crippen LogP contribution in [0.2, 0.25) is 0 Å². The van der Waals surface area contributed by atoms with Crippen LogP contribution in [0.15, 0.2) is 46.3 Å². The number of nitrogens with one attached hydrogen (secondary N) is 1. The molecule has 0 saturated heterocycles. The molecule has 0 radical (unpaired) electrons. The fourth-order valence-corrected chi connectivity index (χ4v) is 3.08. The van der Waals surface area contributed by atoms with Gasteiger partial charge in [-0.05, 0) is 41.5 Å². The lowest BCUT2D eigenvalue weighted by Crippen LogP contribution is -2.36. The van der Waals surface area contributed by atoms with E-state index in [-0.39, 0.29) is 17.9 Å². The molecule has 6 nitrogen and oxygen atoms in total. The van der Waals surface area contributed by atoms with Crippen LogP contribution in [0, 0.1) is 0 Å². The first-order valence-electron chi connectivity index (χ1n) is 8.74. The highest BCUT2D eigenvalue weighted by atomic mass is 32.1. The van der Waals surface area contributed by atoms with Crippen LogP contribution in [-0.4, -0.2) is 22.2 Å². The Kier molecular flexibility index (Phi) is 5.60. The number of hydrogen-bond donors (Lipinski definition) is 1. The van der Waals surface area contributed by atoms with Gasteiger partial charge in [0.15, 0.2) is 6.10 Å². The number of benzene rings is 1. The third-order valence-corrected chi connectivity index (χ3v) is 4.89. The van der Waals surface area contributed by atoms with E-state index in [1.807, 2.05) is 41.8 Å². The van der Waals surface area contributed by atoms with Crippen molar-refractivity contribution in [2.75, 3.05) is 0 Å². The quantitative estimate of drug-likeness (QED) is 0.689. The Balaban J connectivity index is 1.52. The monoisotopic (exact) mass is 385 g/mol. The van der Waals surface area contributed by atoms with Crippen LogP contribution < -0.4 is 10.1 Å². The van der Waals surface area contributed by atoms with Crippen molar-refractivity contribution in [2.24, 2.45) is 0 Å². The van der Waals surface area contributed by atoms with Gasteiger partial charge in [-0.2, -0.15) is 4.98 Å². The number of thiophene rings is 1. The smallest absolute Gasteiger partial charge is 0.261 e. The topological polar surface area (TPSA) is 77.2 Å². The summed E-state index contributed by atoms with van der Waals surface area (Å²) < 4.78 is 10.9. The highest BCUT2D eigenvalue weighted by Gasteiger charge is 2.18. The standard InChI is InChI=1S/C20H23N3O3S/c1-13(25-15-9-7-14(8-10-15)20(2,3)4)19(24)21-12-17-22-18(23-26-17)16-6-5-11-27-16/h5-11,13H,12H2,1-4H3,(H,21,24)/t13-/m1/s1. The van der Waals surface area contributed by atoms with E-state index in [0.717, 1.165) is 4.88 Å². The molecule has 3 aromatic rings. The summed E-state index contributed by atoms with van der Waals surface area (Å²) in [5.41, 5.74) is 1.29. The summed E-state index contributed by atoms with van der Waals surface area (Å²) in [5, 5.41) is 8.62. The summed E-state index contributed by atoms with van der Waals surface area (Å²) in [6, 6.07) is 11.6.